The second-order valence-corrected chi connectivity index (χ2v) is 5.86. The Balaban J connectivity index is 1.73. The van der Waals surface area contributed by atoms with Crippen LogP contribution in [-0.4, -0.2) is 15.9 Å². The molecule has 0 atom stereocenters. The zero-order valence-electron chi connectivity index (χ0n) is 11.5. The molecule has 4 nitrogen and oxygen atoms in total. The van der Waals surface area contributed by atoms with Crippen LogP contribution in [0.15, 0.2) is 54.3 Å². The molecule has 6 heteroatoms. The van der Waals surface area contributed by atoms with E-state index in [9.17, 15) is 4.79 Å². The lowest BCUT2D eigenvalue weighted by Crippen LogP contribution is -2.23. The number of hydrogen-bond donors (Lipinski definition) is 1. The molecule has 0 aliphatic rings. The number of thiazole rings is 1. The summed E-state index contributed by atoms with van der Waals surface area (Å²) in [5.74, 6) is -0.159. The van der Waals surface area contributed by atoms with E-state index in [4.69, 9.17) is 11.6 Å². The van der Waals surface area contributed by atoms with E-state index in [-0.39, 0.29) is 5.91 Å². The standard InChI is InChI=1S/C16H12ClN3OS/c17-13-4-2-1-3-12(13)8-20-16(21)11-5-6-19-14(7-11)15-9-18-10-22-15/h1-7,9-10H,8H2,(H,20,21). The van der Waals surface area contributed by atoms with Crippen molar-refractivity contribution in [2.45, 2.75) is 6.54 Å². The number of carbonyl (C=O) groups excluding carboxylic acids is 1. The van der Waals surface area contributed by atoms with Gasteiger partial charge in [-0.2, -0.15) is 0 Å². The van der Waals surface area contributed by atoms with Crippen LogP contribution in [0.25, 0.3) is 10.6 Å². The molecule has 0 aliphatic carbocycles. The Kier molecular flexibility index (Phi) is 4.46. The molecular formula is C16H12ClN3OS. The van der Waals surface area contributed by atoms with Gasteiger partial charge in [0.05, 0.1) is 16.1 Å². The second kappa shape index (κ2) is 6.68. The highest BCUT2D eigenvalue weighted by Crippen LogP contribution is 2.21. The van der Waals surface area contributed by atoms with E-state index >= 15 is 0 Å². The summed E-state index contributed by atoms with van der Waals surface area (Å²) in [6.07, 6.45) is 3.36. The summed E-state index contributed by atoms with van der Waals surface area (Å²) in [6.45, 7) is 0.386. The third-order valence-electron chi connectivity index (χ3n) is 3.10. The third kappa shape index (κ3) is 3.32. The Labute approximate surface area is 136 Å². The first-order chi connectivity index (χ1) is 10.7. The number of hydrogen-bond acceptors (Lipinski definition) is 4. The Hall–Kier alpha value is -2.24. The van der Waals surface area contributed by atoms with Crippen LogP contribution in [0.3, 0.4) is 0 Å². The number of nitrogens with zero attached hydrogens (tertiary/aromatic N) is 2. The highest BCUT2D eigenvalue weighted by molar-refractivity contribution is 7.13. The van der Waals surface area contributed by atoms with Crippen LogP contribution in [0, 0.1) is 0 Å². The minimum absolute atomic E-state index is 0.159. The Bertz CT molecular complexity index is 790. The van der Waals surface area contributed by atoms with E-state index in [2.05, 4.69) is 15.3 Å². The SMILES string of the molecule is O=C(NCc1ccccc1Cl)c1ccnc(-c2cncs2)c1. The second-order valence-electron chi connectivity index (χ2n) is 4.57. The first kappa shape index (κ1) is 14.7. The van der Waals surface area contributed by atoms with Gasteiger partial charge in [-0.1, -0.05) is 29.8 Å². The molecule has 22 heavy (non-hydrogen) atoms. The molecule has 0 radical (unpaired) electrons. The summed E-state index contributed by atoms with van der Waals surface area (Å²) in [5.41, 5.74) is 3.92. The van der Waals surface area contributed by atoms with Crippen molar-refractivity contribution in [3.05, 3.63) is 70.5 Å². The molecule has 1 N–H and O–H groups in total. The molecule has 3 aromatic rings. The third-order valence-corrected chi connectivity index (χ3v) is 4.27. The number of nitrogens with one attached hydrogen (secondary N) is 1. The van der Waals surface area contributed by atoms with Gasteiger partial charge in [0.1, 0.15) is 0 Å². The van der Waals surface area contributed by atoms with Crippen molar-refractivity contribution in [3.8, 4) is 10.6 Å². The van der Waals surface area contributed by atoms with Crippen molar-refractivity contribution in [2.24, 2.45) is 0 Å². The van der Waals surface area contributed by atoms with Crippen LogP contribution in [0.5, 0.6) is 0 Å². The molecule has 1 amide bonds. The number of rotatable bonds is 4. The van der Waals surface area contributed by atoms with Gasteiger partial charge in [0.25, 0.3) is 5.91 Å². The highest BCUT2D eigenvalue weighted by atomic mass is 35.5. The average Bonchev–Trinajstić information content (AvgIpc) is 3.08. The van der Waals surface area contributed by atoms with Gasteiger partial charge >= 0.3 is 0 Å². The lowest BCUT2D eigenvalue weighted by molar-refractivity contribution is 0.0951. The molecule has 0 saturated heterocycles. The van der Waals surface area contributed by atoms with E-state index < -0.39 is 0 Å². The number of benzene rings is 1. The van der Waals surface area contributed by atoms with E-state index in [1.165, 1.54) is 11.3 Å². The van der Waals surface area contributed by atoms with Gasteiger partial charge in [-0.15, -0.1) is 11.3 Å². The molecule has 0 fully saturated rings. The number of pyridine rings is 1. The summed E-state index contributed by atoms with van der Waals surface area (Å²) in [6, 6.07) is 10.9. The van der Waals surface area contributed by atoms with Crippen molar-refractivity contribution < 1.29 is 4.79 Å². The molecule has 0 saturated carbocycles. The maximum atomic E-state index is 12.3. The number of amides is 1. The maximum absolute atomic E-state index is 12.3. The highest BCUT2D eigenvalue weighted by Gasteiger charge is 2.09. The topological polar surface area (TPSA) is 54.9 Å². The number of carbonyl (C=O) groups is 1. The van der Waals surface area contributed by atoms with Crippen LogP contribution < -0.4 is 5.32 Å². The van der Waals surface area contributed by atoms with E-state index in [1.807, 2.05) is 18.2 Å². The number of halogens is 1. The average molecular weight is 330 g/mol. The zero-order valence-corrected chi connectivity index (χ0v) is 13.1. The van der Waals surface area contributed by atoms with Crippen LogP contribution in [0.1, 0.15) is 15.9 Å². The quantitative estimate of drug-likeness (QED) is 0.792. The summed E-state index contributed by atoms with van der Waals surface area (Å²) in [5, 5.41) is 3.51. The van der Waals surface area contributed by atoms with Crippen LogP contribution >= 0.6 is 22.9 Å². The van der Waals surface area contributed by atoms with E-state index in [1.54, 1.807) is 36.1 Å². The fraction of sp³-hybridized carbons (Fsp3) is 0.0625. The fourth-order valence-corrected chi connectivity index (χ4v) is 2.76. The zero-order chi connectivity index (χ0) is 15.4. The number of aromatic nitrogens is 2. The van der Waals surface area contributed by atoms with Gasteiger partial charge in [0, 0.05) is 29.5 Å². The summed E-state index contributed by atoms with van der Waals surface area (Å²) < 4.78 is 0. The Morgan fingerprint density at radius 2 is 2.14 bits per heavy atom. The largest absolute Gasteiger partial charge is 0.348 e. The Morgan fingerprint density at radius 3 is 2.91 bits per heavy atom. The molecule has 110 valence electrons. The first-order valence-corrected chi connectivity index (χ1v) is 7.86. The first-order valence-electron chi connectivity index (χ1n) is 6.60. The fourth-order valence-electron chi connectivity index (χ4n) is 1.97. The van der Waals surface area contributed by atoms with Gasteiger partial charge in [-0.05, 0) is 23.8 Å². The van der Waals surface area contributed by atoms with Crippen molar-refractivity contribution in [2.75, 3.05) is 0 Å². The van der Waals surface area contributed by atoms with Crippen molar-refractivity contribution in [1.29, 1.82) is 0 Å². The molecule has 3 rings (SSSR count). The summed E-state index contributed by atoms with van der Waals surface area (Å²) >= 11 is 7.57. The molecule has 0 bridgehead atoms. The summed E-state index contributed by atoms with van der Waals surface area (Å²) in [4.78, 5) is 21.5. The summed E-state index contributed by atoms with van der Waals surface area (Å²) in [7, 11) is 0. The normalized spacial score (nSPS) is 10.4. The van der Waals surface area contributed by atoms with Crippen LogP contribution in [-0.2, 0) is 6.54 Å². The minimum atomic E-state index is -0.159. The molecule has 2 aromatic heterocycles. The van der Waals surface area contributed by atoms with E-state index in [0.717, 1.165) is 16.1 Å². The maximum Gasteiger partial charge on any atom is 0.251 e. The molecular weight excluding hydrogens is 318 g/mol. The predicted octanol–water partition coefficient (Wildman–Crippen LogP) is 3.79. The van der Waals surface area contributed by atoms with Crippen LogP contribution in [0.2, 0.25) is 5.02 Å². The lowest BCUT2D eigenvalue weighted by atomic mass is 10.2. The van der Waals surface area contributed by atoms with E-state index in [0.29, 0.717) is 17.1 Å². The minimum Gasteiger partial charge on any atom is -0.348 e. The van der Waals surface area contributed by atoms with Crippen LogP contribution in [0.4, 0.5) is 0 Å². The molecule has 2 heterocycles. The van der Waals surface area contributed by atoms with Gasteiger partial charge < -0.3 is 5.32 Å². The Morgan fingerprint density at radius 1 is 1.27 bits per heavy atom. The van der Waals surface area contributed by atoms with Gasteiger partial charge in [0.15, 0.2) is 0 Å². The van der Waals surface area contributed by atoms with Gasteiger partial charge in [-0.3, -0.25) is 14.8 Å². The van der Waals surface area contributed by atoms with Crippen molar-refractivity contribution in [1.82, 2.24) is 15.3 Å². The lowest BCUT2D eigenvalue weighted by Gasteiger charge is -2.07. The molecule has 0 aliphatic heterocycles. The smallest absolute Gasteiger partial charge is 0.251 e. The molecule has 0 spiro atoms. The molecule has 1 aromatic carbocycles. The molecule has 0 unspecified atom stereocenters. The van der Waals surface area contributed by atoms with Gasteiger partial charge in [0.2, 0.25) is 0 Å². The van der Waals surface area contributed by atoms with Gasteiger partial charge in [-0.25, -0.2) is 0 Å². The van der Waals surface area contributed by atoms with Crippen molar-refractivity contribution in [3.63, 3.8) is 0 Å². The van der Waals surface area contributed by atoms with Crippen molar-refractivity contribution >= 4 is 28.8 Å². The predicted molar refractivity (Wildman–Crippen MR) is 88.0 cm³/mol. The monoisotopic (exact) mass is 329 g/mol.